The summed E-state index contributed by atoms with van der Waals surface area (Å²) in [5.41, 5.74) is 2.84. The largest absolute Gasteiger partial charge is 0.494 e. The molecule has 0 aliphatic carbocycles. The van der Waals surface area contributed by atoms with Gasteiger partial charge in [-0.1, -0.05) is 78.9 Å². The zero-order chi connectivity index (χ0) is 30.1. The maximum absolute atomic E-state index is 14.2. The van der Waals surface area contributed by atoms with Crippen molar-refractivity contribution in [3.63, 3.8) is 0 Å². The van der Waals surface area contributed by atoms with E-state index < -0.39 is 11.6 Å². The first kappa shape index (κ1) is 29.7. The number of ether oxygens (including phenoxy) is 2. The number of nitrogens with one attached hydrogen (secondary N) is 1. The second-order valence-electron chi connectivity index (χ2n) is 10.4. The molecule has 1 aliphatic heterocycles. The zero-order valence-electron chi connectivity index (χ0n) is 23.9. The van der Waals surface area contributed by atoms with Gasteiger partial charge in [0.05, 0.1) is 6.61 Å². The first-order valence-corrected chi connectivity index (χ1v) is 14.4. The topological polar surface area (TPSA) is 80.2 Å². The lowest BCUT2D eigenvalue weighted by molar-refractivity contribution is -0.128. The summed E-state index contributed by atoms with van der Waals surface area (Å²) in [5.74, 6) is 0.374. The number of aliphatic hydroxyl groups is 1. The Morgan fingerprint density at radius 3 is 2.33 bits per heavy atom. The highest BCUT2D eigenvalue weighted by atomic mass is 19.1. The van der Waals surface area contributed by atoms with Crippen LogP contribution in [0.25, 0.3) is 11.1 Å². The number of carbonyl (C=O) groups is 1. The molecule has 1 amide bonds. The van der Waals surface area contributed by atoms with Crippen molar-refractivity contribution < 1.29 is 23.8 Å². The van der Waals surface area contributed by atoms with Gasteiger partial charge < -0.3 is 19.9 Å². The highest BCUT2D eigenvalue weighted by Gasteiger charge is 2.52. The molecule has 2 atom stereocenters. The third-order valence-electron chi connectivity index (χ3n) is 7.44. The van der Waals surface area contributed by atoms with E-state index in [2.05, 4.69) is 11.9 Å². The molecule has 0 fully saturated rings. The maximum Gasteiger partial charge on any atom is 0.252 e. The summed E-state index contributed by atoms with van der Waals surface area (Å²) >= 11 is 0. The number of hydrogen-bond donors (Lipinski definition) is 2. The Morgan fingerprint density at radius 2 is 1.63 bits per heavy atom. The predicted octanol–water partition coefficient (Wildman–Crippen LogP) is 6.45. The van der Waals surface area contributed by atoms with Gasteiger partial charge in [-0.2, -0.15) is 0 Å². The summed E-state index contributed by atoms with van der Waals surface area (Å²) < 4.78 is 26.4. The summed E-state index contributed by atoms with van der Waals surface area (Å²) in [7, 11) is 0. The molecule has 220 valence electrons. The Bertz CT molecular complexity index is 1550. The van der Waals surface area contributed by atoms with Crippen molar-refractivity contribution in [3.05, 3.63) is 138 Å². The van der Waals surface area contributed by atoms with Crippen LogP contribution in [0.15, 0.2) is 121 Å². The van der Waals surface area contributed by atoms with E-state index in [9.17, 15) is 9.18 Å². The molecule has 0 unspecified atom stereocenters. The minimum Gasteiger partial charge on any atom is -0.494 e. The third-order valence-corrected chi connectivity index (χ3v) is 7.44. The van der Waals surface area contributed by atoms with E-state index in [0.29, 0.717) is 42.2 Å². The van der Waals surface area contributed by atoms with Gasteiger partial charge in [-0.05, 0) is 59.0 Å². The highest BCUT2D eigenvalue weighted by Crippen LogP contribution is 2.43. The van der Waals surface area contributed by atoms with Crippen molar-refractivity contribution in [2.45, 2.75) is 30.9 Å². The Balaban J connectivity index is 1.44. The van der Waals surface area contributed by atoms with Gasteiger partial charge in [0.2, 0.25) is 5.90 Å². The molecule has 0 spiro atoms. The second kappa shape index (κ2) is 13.9. The number of aliphatic imine (C=N–C) groups is 1. The average molecular weight is 579 g/mol. The van der Waals surface area contributed by atoms with Crippen molar-refractivity contribution in [3.8, 4) is 16.9 Å². The fourth-order valence-electron chi connectivity index (χ4n) is 5.18. The van der Waals surface area contributed by atoms with E-state index in [-0.39, 0.29) is 31.3 Å². The molecule has 0 bridgehead atoms. The van der Waals surface area contributed by atoms with Crippen LogP contribution in [0, 0.1) is 5.82 Å². The number of carbonyl (C=O) groups excluding carboxylic acids is 1. The van der Waals surface area contributed by atoms with Crippen LogP contribution in [0.2, 0.25) is 0 Å². The van der Waals surface area contributed by atoms with Gasteiger partial charge in [0.25, 0.3) is 5.91 Å². The molecule has 43 heavy (non-hydrogen) atoms. The average Bonchev–Trinajstić information content (AvgIpc) is 3.43. The van der Waals surface area contributed by atoms with E-state index in [1.807, 2.05) is 78.9 Å². The van der Waals surface area contributed by atoms with Crippen LogP contribution in [-0.4, -0.2) is 42.2 Å². The highest BCUT2D eigenvalue weighted by molar-refractivity contribution is 6.01. The Labute approximate surface area is 251 Å². The number of benzene rings is 4. The lowest BCUT2D eigenvalue weighted by Gasteiger charge is -2.30. The van der Waals surface area contributed by atoms with E-state index in [4.69, 9.17) is 19.6 Å². The van der Waals surface area contributed by atoms with Gasteiger partial charge >= 0.3 is 0 Å². The number of amides is 1. The molecule has 6 nitrogen and oxygen atoms in total. The van der Waals surface area contributed by atoms with Crippen molar-refractivity contribution in [1.29, 1.82) is 0 Å². The third kappa shape index (κ3) is 6.84. The molecule has 5 rings (SSSR count). The SMILES string of the molecule is C=CC[C@@]1(C(=O)NCCc2ccccc2F)N=C(c2ccc(OCCCO)cc2)O[C@@H]1c1ccc(-c2ccccc2)cc1. The zero-order valence-corrected chi connectivity index (χ0v) is 23.9. The maximum atomic E-state index is 14.2. The first-order valence-electron chi connectivity index (χ1n) is 14.4. The number of nitrogens with zero attached hydrogens (tertiary/aromatic N) is 1. The molecule has 1 aliphatic rings. The normalized spacial score (nSPS) is 17.5. The van der Waals surface area contributed by atoms with Crippen molar-refractivity contribution in [1.82, 2.24) is 5.32 Å². The molecule has 0 aromatic heterocycles. The molecule has 1 heterocycles. The van der Waals surface area contributed by atoms with Crippen molar-refractivity contribution in [2.75, 3.05) is 19.8 Å². The van der Waals surface area contributed by atoms with Crippen LogP contribution in [0.5, 0.6) is 5.75 Å². The molecule has 7 heteroatoms. The molecular formula is C36H35FN2O4. The van der Waals surface area contributed by atoms with Gasteiger partial charge in [0, 0.05) is 31.6 Å². The lowest BCUT2D eigenvalue weighted by atomic mass is 9.84. The molecular weight excluding hydrogens is 543 g/mol. The summed E-state index contributed by atoms with van der Waals surface area (Å²) in [4.78, 5) is 18.9. The van der Waals surface area contributed by atoms with Crippen LogP contribution < -0.4 is 10.1 Å². The molecule has 0 saturated heterocycles. The first-order chi connectivity index (χ1) is 21.0. The summed E-state index contributed by atoms with van der Waals surface area (Å²) in [5, 5.41) is 12.0. The van der Waals surface area contributed by atoms with E-state index in [0.717, 1.165) is 16.7 Å². The van der Waals surface area contributed by atoms with Crippen LogP contribution >= 0.6 is 0 Å². The molecule has 2 N–H and O–H groups in total. The second-order valence-corrected chi connectivity index (χ2v) is 10.4. The Hall–Kier alpha value is -4.75. The predicted molar refractivity (Wildman–Crippen MR) is 167 cm³/mol. The Kier molecular flexibility index (Phi) is 9.64. The summed E-state index contributed by atoms with van der Waals surface area (Å²) in [6.45, 7) is 4.63. The molecule has 0 saturated carbocycles. The van der Waals surface area contributed by atoms with Crippen molar-refractivity contribution >= 4 is 11.8 Å². The monoisotopic (exact) mass is 578 g/mol. The fourth-order valence-corrected chi connectivity index (χ4v) is 5.18. The summed E-state index contributed by atoms with van der Waals surface area (Å²) in [6.07, 6.45) is 2.07. The fraction of sp³-hybridized carbons (Fsp3) is 0.222. The van der Waals surface area contributed by atoms with E-state index >= 15 is 0 Å². The van der Waals surface area contributed by atoms with Crippen molar-refractivity contribution in [2.24, 2.45) is 4.99 Å². The lowest BCUT2D eigenvalue weighted by Crippen LogP contribution is -2.48. The standard InChI is InChI=1S/C36H35FN2O4/c1-2-22-36(35(41)38-23-21-28-11-6-7-12-32(28)37)33(29-15-13-27(14-16-29)26-9-4-3-5-10-26)43-34(39-36)30-17-19-31(20-18-30)42-25-8-24-40/h2-7,9-20,33,40H,1,8,21-25H2,(H,38,41)/t33-,36-/m1/s1. The van der Waals surface area contributed by atoms with Gasteiger partial charge in [0.1, 0.15) is 11.6 Å². The van der Waals surface area contributed by atoms with Crippen LogP contribution in [0.1, 0.15) is 35.6 Å². The van der Waals surface area contributed by atoms with E-state index in [1.165, 1.54) is 6.07 Å². The minimum absolute atomic E-state index is 0.0597. The smallest absolute Gasteiger partial charge is 0.252 e. The van der Waals surface area contributed by atoms with Crippen LogP contribution in [0.4, 0.5) is 4.39 Å². The summed E-state index contributed by atoms with van der Waals surface area (Å²) in [6, 6.07) is 31.9. The number of halogens is 1. The van der Waals surface area contributed by atoms with Gasteiger partial charge in [0.15, 0.2) is 11.6 Å². The molecule has 4 aromatic carbocycles. The molecule has 4 aromatic rings. The number of aliphatic hydroxyl groups excluding tert-OH is 1. The van der Waals surface area contributed by atoms with Crippen LogP contribution in [-0.2, 0) is 16.0 Å². The minimum atomic E-state index is -1.32. The molecule has 0 radical (unpaired) electrons. The Morgan fingerprint density at radius 1 is 0.953 bits per heavy atom. The van der Waals surface area contributed by atoms with Gasteiger partial charge in [-0.15, -0.1) is 6.58 Å². The quantitative estimate of drug-likeness (QED) is 0.141. The number of hydrogen-bond acceptors (Lipinski definition) is 5. The van der Waals surface area contributed by atoms with Gasteiger partial charge in [-0.3, -0.25) is 4.79 Å². The van der Waals surface area contributed by atoms with Crippen LogP contribution in [0.3, 0.4) is 0 Å². The van der Waals surface area contributed by atoms with E-state index in [1.54, 1.807) is 24.3 Å². The van der Waals surface area contributed by atoms with Gasteiger partial charge in [-0.25, -0.2) is 9.38 Å². The number of rotatable bonds is 13.